The fourth-order valence-electron chi connectivity index (χ4n) is 15.4. The first-order chi connectivity index (χ1) is 56.9. The summed E-state index contributed by atoms with van der Waals surface area (Å²) in [5.41, 5.74) is -9.90. The summed E-state index contributed by atoms with van der Waals surface area (Å²) >= 11 is 0. The zero-order valence-electron chi connectivity index (χ0n) is 63.6. The van der Waals surface area contributed by atoms with Crippen LogP contribution in [0, 0.1) is 40.5 Å². The average Bonchev–Trinajstić information content (AvgIpc) is 0.713. The van der Waals surface area contributed by atoms with Gasteiger partial charge >= 0.3 is 23.9 Å². The van der Waals surface area contributed by atoms with Crippen molar-refractivity contribution < 1.29 is 146 Å². The maximum absolute atomic E-state index is 14.0. The van der Waals surface area contributed by atoms with Gasteiger partial charge in [-0.3, -0.25) is 69.2 Å². The van der Waals surface area contributed by atoms with Crippen LogP contribution < -0.4 is 9.47 Å². The Bertz CT molecular complexity index is 5350. The van der Waals surface area contributed by atoms with Gasteiger partial charge in [-0.05, 0) is 88.4 Å². The van der Waals surface area contributed by atoms with Crippen LogP contribution >= 0.6 is 0 Å². The molecule has 0 aromatic heterocycles. The lowest BCUT2D eigenvalue weighted by Crippen LogP contribution is -2.52. The van der Waals surface area contributed by atoms with E-state index in [2.05, 4.69) is 0 Å². The molecule has 4 aliphatic carbocycles. The van der Waals surface area contributed by atoms with Crippen LogP contribution in [0.3, 0.4) is 0 Å². The predicted octanol–water partition coefficient (Wildman–Crippen LogP) is 9.22. The van der Waals surface area contributed by atoms with Crippen molar-refractivity contribution in [2.45, 2.75) is 139 Å². The highest BCUT2D eigenvalue weighted by atomic mass is 16.7. The molecule has 8 aromatic carbocycles. The monoisotopic (exact) mass is 1650 g/mol. The fraction of sp³-hybridized carbons (Fsp3) is 0.293. The lowest BCUT2D eigenvalue weighted by molar-refractivity contribution is -0.385. The molecule has 0 bridgehead atoms. The Labute approximate surface area is 674 Å². The number of carbonyl (C=O) groups is 10. The van der Waals surface area contributed by atoms with Crippen LogP contribution in [0.15, 0.2) is 133 Å². The minimum absolute atomic E-state index is 0.0228. The molecule has 0 spiro atoms. The molecule has 2 aliphatic heterocycles. The molecule has 620 valence electrons. The number of Topliss-reactive ketones (excluding diaryl/α,β-unsaturated/α-hetero) is 2. The van der Waals surface area contributed by atoms with Crippen molar-refractivity contribution in [3.8, 4) is 34.5 Å². The number of aromatic hydroxyl groups is 4. The van der Waals surface area contributed by atoms with Gasteiger partial charge in [0.15, 0.2) is 47.9 Å². The largest absolute Gasteiger partial charge is 0.507 e. The number of phenolic OH excluding ortho intramolecular Hbond substituents is 4. The zero-order chi connectivity index (χ0) is 86.7. The molecule has 8 aromatic rings. The van der Waals surface area contributed by atoms with Crippen molar-refractivity contribution in [3.05, 3.63) is 263 Å². The van der Waals surface area contributed by atoms with Crippen LogP contribution in [0.5, 0.6) is 34.5 Å². The van der Waals surface area contributed by atoms with E-state index in [1.807, 2.05) is 0 Å². The quantitative estimate of drug-likeness (QED) is 0.0136. The standard InChI is InChI=1S/2C41H34N2O17/c2*1-18-38(60-40(50)21-9-13-23(14-10-21)43(54)55)27(59-39(49)20-7-11-22(12-8-20)42(52)53)15-29(57-18)58-28-17-41(51,19(2)44)16-25-31(28)37(48)33-32(35(25)46)34(45)24-5-4-6-26(56-3)30(24)36(33)47/h2*4-14,18,27-29,38,46,48,51H,15-17H2,1-3H3. The zero-order valence-corrected chi connectivity index (χ0v) is 63.6. The van der Waals surface area contributed by atoms with E-state index in [1.165, 1.54) is 64.5 Å². The van der Waals surface area contributed by atoms with Gasteiger partial charge in [0.1, 0.15) is 57.9 Å². The van der Waals surface area contributed by atoms with E-state index >= 15 is 0 Å². The minimum Gasteiger partial charge on any atom is -0.507 e. The number of hydrogen-bond acceptors (Lipinski definition) is 34. The van der Waals surface area contributed by atoms with E-state index in [0.29, 0.717) is 0 Å². The number of non-ortho nitro benzene ring substituents is 4. The second kappa shape index (κ2) is 32.7. The maximum atomic E-state index is 14.0. The molecule has 12 atom stereocenters. The molecule has 2 heterocycles. The number of nitro benzene ring substituents is 4. The van der Waals surface area contributed by atoms with Gasteiger partial charge in [0.05, 0.1) is 114 Å². The van der Waals surface area contributed by atoms with Gasteiger partial charge < -0.3 is 78.0 Å². The number of fused-ring (bicyclic) bond motifs is 6. The van der Waals surface area contributed by atoms with Gasteiger partial charge in [-0.1, -0.05) is 24.3 Å². The number of hydrogen-bond donors (Lipinski definition) is 6. The van der Waals surface area contributed by atoms with E-state index in [4.69, 9.17) is 47.4 Å². The Morgan fingerprint density at radius 2 is 0.692 bits per heavy atom. The number of nitro groups is 4. The minimum atomic E-state index is -2.23. The Morgan fingerprint density at radius 1 is 0.408 bits per heavy atom. The summed E-state index contributed by atoms with van der Waals surface area (Å²) in [5.74, 6) is -11.9. The molecule has 120 heavy (non-hydrogen) atoms. The van der Waals surface area contributed by atoms with Crippen LogP contribution in [0.1, 0.15) is 193 Å². The molecule has 6 aliphatic rings. The number of benzene rings is 8. The third-order valence-electron chi connectivity index (χ3n) is 21.6. The molecule has 12 unspecified atom stereocenters. The van der Waals surface area contributed by atoms with Crippen molar-refractivity contribution in [2.24, 2.45) is 0 Å². The number of carbonyl (C=O) groups excluding carboxylic acids is 10. The average molecular weight is 1650 g/mol. The third kappa shape index (κ3) is 15.5. The molecule has 6 N–H and O–H groups in total. The molecular formula is C82H68N4O34. The number of aliphatic hydroxyl groups is 2. The van der Waals surface area contributed by atoms with Crippen LogP contribution in [0.2, 0.25) is 0 Å². The molecular weight excluding hydrogens is 1580 g/mol. The summed E-state index contributed by atoms with van der Waals surface area (Å²) in [6, 6.07) is 26.3. The molecule has 0 amide bonds. The number of ether oxygens (including phenoxy) is 10. The first-order valence-corrected chi connectivity index (χ1v) is 36.5. The van der Waals surface area contributed by atoms with Crippen molar-refractivity contribution >= 4 is 81.3 Å². The predicted molar refractivity (Wildman–Crippen MR) is 402 cm³/mol. The lowest BCUT2D eigenvalue weighted by Gasteiger charge is -2.43. The maximum Gasteiger partial charge on any atom is 0.338 e. The highest BCUT2D eigenvalue weighted by molar-refractivity contribution is 6.32. The Balaban J connectivity index is 0.000000207. The highest BCUT2D eigenvalue weighted by Gasteiger charge is 2.54. The summed E-state index contributed by atoms with van der Waals surface area (Å²) in [4.78, 5) is 177. The van der Waals surface area contributed by atoms with Crippen molar-refractivity contribution in [1.29, 1.82) is 0 Å². The first-order valence-electron chi connectivity index (χ1n) is 36.5. The summed E-state index contributed by atoms with van der Waals surface area (Å²) in [7, 11) is 2.56. The van der Waals surface area contributed by atoms with Gasteiger partial charge in [0, 0.05) is 120 Å². The highest BCUT2D eigenvalue weighted by Crippen LogP contribution is 2.55. The van der Waals surface area contributed by atoms with Crippen LogP contribution in [-0.2, 0) is 60.3 Å². The van der Waals surface area contributed by atoms with E-state index < -0.39 is 235 Å². The van der Waals surface area contributed by atoms with E-state index in [0.717, 1.165) is 111 Å². The first kappa shape index (κ1) is 83.8. The van der Waals surface area contributed by atoms with Crippen LogP contribution in [0.4, 0.5) is 22.7 Å². The van der Waals surface area contributed by atoms with Crippen molar-refractivity contribution in [3.63, 3.8) is 0 Å². The summed E-state index contributed by atoms with van der Waals surface area (Å²) in [6.45, 7) is 5.05. The molecule has 38 nitrogen and oxygen atoms in total. The molecule has 38 heteroatoms. The molecule has 2 saturated heterocycles. The summed E-state index contributed by atoms with van der Waals surface area (Å²) in [6.07, 6.45) is -17.0. The lowest BCUT2D eigenvalue weighted by atomic mass is 9.72. The third-order valence-corrected chi connectivity index (χ3v) is 21.6. The Hall–Kier alpha value is -14.2. The number of rotatable bonds is 20. The Kier molecular flexibility index (Phi) is 22.8. The SMILES string of the molecule is COc1cccc2c1C(=O)c1c(O)c3c(c(O)c1C2=O)CC(O)(C(C)=O)CC3OC1CC(OC(=O)c2ccc([N+](=O)[O-])cc2)C(OC(=O)c2ccc([N+](=O)[O-])cc2)C(C)O1.COc1cccc2c1C(=O)c1c(O)c3c(c(O)c1C2=O)CC(O)(C(C)=O)CC3OC1CC(OC(=O)c2ccc([N+](=O)[O-])cc2)C(OC(=O)c2ccc([N+](=O)[O-])cc2)C(C)O1. The number of nitrogens with zero attached hydrogens (tertiary/aromatic N) is 4. The second-order valence-electron chi connectivity index (χ2n) is 28.8. The van der Waals surface area contributed by atoms with Gasteiger partial charge in [-0.25, -0.2) is 19.2 Å². The number of esters is 4. The number of ketones is 6. The van der Waals surface area contributed by atoms with Gasteiger partial charge in [-0.15, -0.1) is 0 Å². The van der Waals surface area contributed by atoms with E-state index in [-0.39, 0.29) is 101 Å². The van der Waals surface area contributed by atoms with Gasteiger partial charge in [0.25, 0.3) is 22.7 Å². The van der Waals surface area contributed by atoms with Crippen molar-refractivity contribution in [1.82, 2.24) is 0 Å². The van der Waals surface area contributed by atoms with E-state index in [1.54, 1.807) is 0 Å². The van der Waals surface area contributed by atoms with Crippen LogP contribution in [-0.4, -0.2) is 184 Å². The van der Waals surface area contributed by atoms with Gasteiger partial charge in [0.2, 0.25) is 11.6 Å². The second-order valence-corrected chi connectivity index (χ2v) is 28.8. The van der Waals surface area contributed by atoms with E-state index in [9.17, 15) is 119 Å². The molecule has 0 saturated carbocycles. The van der Waals surface area contributed by atoms with Crippen molar-refractivity contribution in [2.75, 3.05) is 14.2 Å². The molecule has 0 radical (unpaired) electrons. The number of methoxy groups -OCH3 is 2. The fourth-order valence-corrected chi connectivity index (χ4v) is 15.4. The molecule has 2 fully saturated rings. The normalized spacial score (nSPS) is 23.0. The van der Waals surface area contributed by atoms with Crippen LogP contribution in [0.25, 0.3) is 0 Å². The topological polar surface area (TPSA) is 557 Å². The number of phenols is 4. The Morgan fingerprint density at radius 3 is 0.967 bits per heavy atom. The smallest absolute Gasteiger partial charge is 0.338 e. The summed E-state index contributed by atoms with van der Waals surface area (Å²) < 4.78 is 58.5. The molecule has 14 rings (SSSR count). The van der Waals surface area contributed by atoms with Gasteiger partial charge in [-0.2, -0.15) is 0 Å². The summed E-state index contributed by atoms with van der Waals surface area (Å²) in [5, 5.41) is 115.